The summed E-state index contributed by atoms with van der Waals surface area (Å²) in [6, 6.07) is 11.2. The molecule has 0 amide bonds. The van der Waals surface area contributed by atoms with E-state index in [2.05, 4.69) is 20.3 Å². The molecule has 0 aliphatic carbocycles. The summed E-state index contributed by atoms with van der Waals surface area (Å²) in [6.07, 6.45) is -0.0531. The van der Waals surface area contributed by atoms with E-state index in [1.807, 2.05) is 38.1 Å². The van der Waals surface area contributed by atoms with E-state index in [0.29, 0.717) is 23.3 Å². The highest BCUT2D eigenvalue weighted by atomic mass is 127. The third-order valence-electron chi connectivity index (χ3n) is 3.58. The van der Waals surface area contributed by atoms with Crippen LogP contribution in [0.4, 0.5) is 0 Å². The van der Waals surface area contributed by atoms with Crippen LogP contribution in [0.15, 0.2) is 51.0 Å². The van der Waals surface area contributed by atoms with Gasteiger partial charge in [0.15, 0.2) is 5.96 Å². The molecule has 1 aromatic heterocycles. The zero-order valence-electron chi connectivity index (χ0n) is 16.1. The first-order chi connectivity index (χ1) is 12.9. The Balaban J connectivity index is 0.00000392. The highest BCUT2D eigenvalue weighted by Gasteiger charge is 2.14. The number of sulfonamides is 1. The van der Waals surface area contributed by atoms with Gasteiger partial charge in [-0.3, -0.25) is 4.99 Å². The summed E-state index contributed by atoms with van der Waals surface area (Å²) in [5, 5.41) is 7.98. The molecular weight excluding hydrogens is 511 g/mol. The predicted molar refractivity (Wildman–Crippen MR) is 126 cm³/mol. The fourth-order valence-corrected chi connectivity index (χ4v) is 4.35. The molecule has 0 aliphatic heterocycles. The average Bonchev–Trinajstić information content (AvgIpc) is 3.17. The van der Waals surface area contributed by atoms with Crippen LogP contribution in [-0.4, -0.2) is 47.2 Å². The van der Waals surface area contributed by atoms with Crippen molar-refractivity contribution in [3.8, 4) is 5.75 Å². The van der Waals surface area contributed by atoms with Crippen molar-refractivity contribution in [2.75, 3.05) is 26.7 Å². The quantitative estimate of drug-likeness (QED) is 0.198. The summed E-state index contributed by atoms with van der Waals surface area (Å²) in [7, 11) is -1.77. The maximum absolute atomic E-state index is 12.0. The van der Waals surface area contributed by atoms with E-state index in [-0.39, 0.29) is 36.6 Å². The van der Waals surface area contributed by atoms with E-state index in [4.69, 9.17) is 4.74 Å². The van der Waals surface area contributed by atoms with Gasteiger partial charge in [0.05, 0.1) is 6.54 Å². The van der Waals surface area contributed by atoms with Crippen LogP contribution < -0.4 is 20.1 Å². The standard InChI is InChI=1S/C18H26N4O3S2.HI/c1-14-6-4-7-16(12-14)25-15(2)13-21-18(19-3)20-9-10-22-27(23,24)17-8-5-11-26-17;/h4-8,11-12,15,22H,9-10,13H2,1-3H3,(H2,19,20,21);1H. The van der Waals surface area contributed by atoms with Gasteiger partial charge >= 0.3 is 0 Å². The average molecular weight is 538 g/mol. The van der Waals surface area contributed by atoms with E-state index < -0.39 is 10.0 Å². The molecule has 28 heavy (non-hydrogen) atoms. The summed E-state index contributed by atoms with van der Waals surface area (Å²) in [6.45, 7) is 5.23. The Bertz CT molecular complexity index is 842. The predicted octanol–water partition coefficient (Wildman–Crippen LogP) is 2.59. The molecule has 2 rings (SSSR count). The van der Waals surface area contributed by atoms with Gasteiger partial charge in [0.2, 0.25) is 10.0 Å². The number of rotatable bonds is 9. The van der Waals surface area contributed by atoms with Crippen LogP contribution >= 0.6 is 35.3 Å². The van der Waals surface area contributed by atoms with Gasteiger partial charge in [0.1, 0.15) is 16.1 Å². The van der Waals surface area contributed by atoms with Crippen molar-refractivity contribution in [2.24, 2.45) is 4.99 Å². The minimum Gasteiger partial charge on any atom is -0.489 e. The topological polar surface area (TPSA) is 91.8 Å². The molecule has 1 heterocycles. The summed E-state index contributed by atoms with van der Waals surface area (Å²) in [5.74, 6) is 1.42. The van der Waals surface area contributed by atoms with Gasteiger partial charge in [-0.05, 0) is 43.0 Å². The SMILES string of the molecule is CN=C(NCCNS(=O)(=O)c1cccs1)NCC(C)Oc1cccc(C)c1.I. The molecule has 0 bridgehead atoms. The molecule has 3 N–H and O–H groups in total. The number of nitrogens with one attached hydrogen (secondary N) is 3. The second kappa shape index (κ2) is 12.2. The molecule has 0 fully saturated rings. The fraction of sp³-hybridized carbons (Fsp3) is 0.389. The summed E-state index contributed by atoms with van der Waals surface area (Å²) in [4.78, 5) is 4.13. The molecule has 0 radical (unpaired) electrons. The molecule has 0 spiro atoms. The Labute approximate surface area is 188 Å². The summed E-state index contributed by atoms with van der Waals surface area (Å²) in [5.41, 5.74) is 1.15. The fourth-order valence-electron chi connectivity index (χ4n) is 2.28. The monoisotopic (exact) mass is 538 g/mol. The highest BCUT2D eigenvalue weighted by Crippen LogP contribution is 2.15. The first kappa shape index (κ1) is 24.7. The number of thiophene rings is 1. The van der Waals surface area contributed by atoms with E-state index in [0.717, 1.165) is 11.3 Å². The number of guanidine groups is 1. The smallest absolute Gasteiger partial charge is 0.250 e. The van der Waals surface area contributed by atoms with Crippen molar-refractivity contribution in [3.63, 3.8) is 0 Å². The minimum atomic E-state index is -3.44. The zero-order chi connectivity index (χ0) is 19.7. The number of aryl methyl sites for hydroxylation is 1. The lowest BCUT2D eigenvalue weighted by Gasteiger charge is -2.18. The number of nitrogens with zero attached hydrogens (tertiary/aromatic N) is 1. The van der Waals surface area contributed by atoms with Gasteiger partial charge in [-0.1, -0.05) is 18.2 Å². The van der Waals surface area contributed by atoms with Gasteiger partial charge in [0.25, 0.3) is 0 Å². The van der Waals surface area contributed by atoms with Crippen molar-refractivity contribution in [3.05, 3.63) is 47.3 Å². The Morgan fingerprint density at radius 3 is 2.64 bits per heavy atom. The molecule has 2 aromatic rings. The molecule has 156 valence electrons. The van der Waals surface area contributed by atoms with Crippen molar-refractivity contribution in [1.82, 2.24) is 15.4 Å². The zero-order valence-corrected chi connectivity index (χ0v) is 20.1. The number of hydrogen-bond acceptors (Lipinski definition) is 5. The highest BCUT2D eigenvalue weighted by molar-refractivity contribution is 14.0. The van der Waals surface area contributed by atoms with Crippen LogP contribution in [0.3, 0.4) is 0 Å². The number of aliphatic imine (C=N–C) groups is 1. The molecular formula is C18H27IN4O3S2. The van der Waals surface area contributed by atoms with Crippen LogP contribution in [-0.2, 0) is 10.0 Å². The van der Waals surface area contributed by atoms with E-state index in [1.165, 1.54) is 11.3 Å². The molecule has 0 saturated heterocycles. The Hall–Kier alpha value is -1.37. The van der Waals surface area contributed by atoms with Crippen molar-refractivity contribution in [2.45, 2.75) is 24.2 Å². The first-order valence-electron chi connectivity index (χ1n) is 8.62. The number of hydrogen-bond donors (Lipinski definition) is 3. The minimum absolute atomic E-state index is 0. The van der Waals surface area contributed by atoms with Gasteiger partial charge in [-0.25, -0.2) is 13.1 Å². The lowest BCUT2D eigenvalue weighted by atomic mass is 10.2. The number of ether oxygens (including phenoxy) is 1. The van der Waals surface area contributed by atoms with Crippen molar-refractivity contribution in [1.29, 1.82) is 0 Å². The molecule has 10 heteroatoms. The normalized spacial score (nSPS) is 12.8. The number of halogens is 1. The van der Waals surface area contributed by atoms with Crippen LogP contribution in [0.5, 0.6) is 5.75 Å². The molecule has 1 unspecified atom stereocenters. The van der Waals surface area contributed by atoms with Crippen LogP contribution in [0.1, 0.15) is 12.5 Å². The van der Waals surface area contributed by atoms with E-state index >= 15 is 0 Å². The first-order valence-corrected chi connectivity index (χ1v) is 11.0. The van der Waals surface area contributed by atoms with Gasteiger partial charge in [-0.2, -0.15) is 0 Å². The van der Waals surface area contributed by atoms with Crippen LogP contribution in [0.25, 0.3) is 0 Å². The Morgan fingerprint density at radius 2 is 2.00 bits per heavy atom. The maximum Gasteiger partial charge on any atom is 0.250 e. The van der Waals surface area contributed by atoms with Gasteiger partial charge in [-0.15, -0.1) is 35.3 Å². The third-order valence-corrected chi connectivity index (χ3v) is 6.44. The largest absolute Gasteiger partial charge is 0.489 e. The second-order valence-corrected chi connectivity index (χ2v) is 8.90. The molecule has 7 nitrogen and oxygen atoms in total. The Morgan fingerprint density at radius 1 is 1.21 bits per heavy atom. The molecule has 0 aliphatic rings. The second-order valence-electron chi connectivity index (χ2n) is 5.95. The molecule has 0 saturated carbocycles. The van der Waals surface area contributed by atoms with E-state index in [1.54, 1.807) is 24.6 Å². The van der Waals surface area contributed by atoms with Gasteiger partial charge < -0.3 is 15.4 Å². The number of benzene rings is 1. The van der Waals surface area contributed by atoms with Crippen molar-refractivity contribution < 1.29 is 13.2 Å². The maximum atomic E-state index is 12.0. The van der Waals surface area contributed by atoms with Crippen LogP contribution in [0, 0.1) is 6.92 Å². The lowest BCUT2D eigenvalue weighted by molar-refractivity contribution is 0.223. The van der Waals surface area contributed by atoms with Crippen LogP contribution in [0.2, 0.25) is 0 Å². The Kier molecular flexibility index (Phi) is 10.8. The van der Waals surface area contributed by atoms with Gasteiger partial charge in [0, 0.05) is 20.1 Å². The van der Waals surface area contributed by atoms with E-state index in [9.17, 15) is 8.42 Å². The summed E-state index contributed by atoms with van der Waals surface area (Å²) < 4.78 is 32.8. The molecule has 1 atom stereocenters. The third kappa shape index (κ3) is 8.33. The van der Waals surface area contributed by atoms with Crippen molar-refractivity contribution >= 4 is 51.3 Å². The summed E-state index contributed by atoms with van der Waals surface area (Å²) >= 11 is 1.19. The lowest BCUT2D eigenvalue weighted by Crippen LogP contribution is -2.44. The molecule has 1 aromatic carbocycles.